The van der Waals surface area contributed by atoms with Crippen LogP contribution in [0.2, 0.25) is 0 Å². The second kappa shape index (κ2) is 7.33. The lowest BCUT2D eigenvalue weighted by Crippen LogP contribution is -2.50. The fourth-order valence-corrected chi connectivity index (χ4v) is 2.81. The quantitative estimate of drug-likeness (QED) is 0.455. The normalized spacial score (nSPS) is 12.7. The first-order valence-electron chi connectivity index (χ1n) is 8.11. The molecule has 30 heavy (non-hydrogen) atoms. The van der Waals surface area contributed by atoms with Gasteiger partial charge in [-0.3, -0.25) is 4.79 Å². The van der Waals surface area contributed by atoms with E-state index in [1.165, 1.54) is 0 Å². The Hall–Kier alpha value is -3.05. The number of amides is 1. The van der Waals surface area contributed by atoms with Gasteiger partial charge in [0.2, 0.25) is 0 Å². The number of benzene rings is 2. The Bertz CT molecular complexity index is 961. The number of aryl methyl sites for hydroxylation is 2. The lowest BCUT2D eigenvalue weighted by molar-refractivity contribution is -0.348. The molecule has 0 aliphatic carbocycles. The molecule has 164 valence electrons. The van der Waals surface area contributed by atoms with E-state index in [9.17, 15) is 39.9 Å². The monoisotopic (exact) mass is 441 g/mol. The predicted molar refractivity (Wildman–Crippen MR) is 94.0 cm³/mol. The lowest BCUT2D eigenvalue weighted by Gasteiger charge is -2.31. The first-order chi connectivity index (χ1) is 13.5. The van der Waals surface area contributed by atoms with Crippen molar-refractivity contribution in [1.82, 2.24) is 0 Å². The van der Waals surface area contributed by atoms with Crippen LogP contribution in [-0.4, -0.2) is 18.3 Å². The predicted octanol–water partition coefficient (Wildman–Crippen LogP) is 5.15. The summed E-state index contributed by atoms with van der Waals surface area (Å²) in [5.41, 5.74) is 1.44. The molecule has 0 heterocycles. The third-order valence-electron chi connectivity index (χ3n) is 4.41. The van der Waals surface area contributed by atoms with E-state index in [2.05, 4.69) is 5.32 Å². The second-order valence-corrected chi connectivity index (χ2v) is 6.52. The molecule has 0 saturated carbocycles. The molecule has 0 atom stereocenters. The Morgan fingerprint density at radius 1 is 0.900 bits per heavy atom. The Kier molecular flexibility index (Phi) is 5.67. The van der Waals surface area contributed by atoms with Gasteiger partial charge in [-0.25, -0.2) is 8.78 Å². The Labute approximate surface area is 164 Å². The fourth-order valence-electron chi connectivity index (χ4n) is 2.81. The molecule has 0 saturated heterocycles. The number of hydrogen-bond acceptors (Lipinski definition) is 3. The maximum absolute atomic E-state index is 14.3. The van der Waals surface area contributed by atoms with Crippen LogP contribution >= 0.6 is 0 Å². The number of rotatable bonds is 3. The summed E-state index contributed by atoms with van der Waals surface area (Å²) in [5.74, 6) is -2.24. The third-order valence-corrected chi connectivity index (χ3v) is 4.41. The van der Waals surface area contributed by atoms with E-state index >= 15 is 0 Å². The van der Waals surface area contributed by atoms with Crippen LogP contribution in [0.4, 0.5) is 52.2 Å². The molecule has 0 aliphatic heterocycles. The maximum atomic E-state index is 14.3. The molecule has 2 aromatic rings. The molecule has 0 fully saturated rings. The minimum atomic E-state index is -6.28. The van der Waals surface area contributed by atoms with Gasteiger partial charge in [-0.2, -0.15) is 26.3 Å². The summed E-state index contributed by atoms with van der Waals surface area (Å²) in [7, 11) is 0. The van der Waals surface area contributed by atoms with Crippen molar-refractivity contribution in [3.63, 3.8) is 0 Å². The molecule has 0 bridgehead atoms. The highest BCUT2D eigenvalue weighted by molar-refractivity contribution is 6.06. The van der Waals surface area contributed by atoms with Crippen LogP contribution in [0, 0.1) is 19.7 Å². The number of carbonyl (C=O) groups excluding carboxylic acids is 1. The van der Waals surface area contributed by atoms with E-state index in [1.807, 2.05) is 0 Å². The summed E-state index contributed by atoms with van der Waals surface area (Å²) in [6, 6.07) is 2.77. The van der Waals surface area contributed by atoms with Gasteiger partial charge >= 0.3 is 18.0 Å². The molecule has 0 unspecified atom stereocenters. The fraction of sp³-hybridized carbons (Fsp3) is 0.278. The Morgan fingerprint density at radius 2 is 1.37 bits per heavy atom. The molecular weight excluding hydrogens is 426 g/mol. The molecule has 2 aromatic carbocycles. The molecule has 2 rings (SSSR count). The Morgan fingerprint density at radius 3 is 1.80 bits per heavy atom. The first kappa shape index (κ1) is 23.2. The minimum absolute atomic E-state index is 0.139. The zero-order valence-corrected chi connectivity index (χ0v) is 15.4. The van der Waals surface area contributed by atoms with E-state index in [-0.39, 0.29) is 22.5 Å². The second-order valence-electron chi connectivity index (χ2n) is 6.52. The van der Waals surface area contributed by atoms with Gasteiger partial charge in [-0.1, -0.05) is 12.1 Å². The van der Waals surface area contributed by atoms with E-state index in [4.69, 9.17) is 11.5 Å². The van der Waals surface area contributed by atoms with Crippen molar-refractivity contribution < 1.29 is 39.9 Å². The summed E-state index contributed by atoms with van der Waals surface area (Å²) >= 11 is 0. The summed E-state index contributed by atoms with van der Waals surface area (Å²) in [6.45, 7) is 2.12. The largest absolute Gasteiger partial charge is 0.435 e. The highest BCUT2D eigenvalue weighted by Crippen LogP contribution is 2.53. The van der Waals surface area contributed by atoms with Crippen LogP contribution in [-0.2, 0) is 5.67 Å². The number of anilines is 3. The van der Waals surface area contributed by atoms with Gasteiger partial charge in [-0.05, 0) is 37.1 Å². The van der Waals surface area contributed by atoms with Gasteiger partial charge in [0, 0.05) is 11.3 Å². The zero-order chi connectivity index (χ0) is 23.2. The summed E-state index contributed by atoms with van der Waals surface area (Å²) in [5, 5.41) is 2.18. The van der Waals surface area contributed by atoms with Crippen LogP contribution in [0.15, 0.2) is 24.3 Å². The van der Waals surface area contributed by atoms with Gasteiger partial charge in [0.05, 0.1) is 16.9 Å². The standard InChI is InChI=1S/C18H15F8N3O/c1-7-5-9(16(20,17(21,22)23)18(24,25)26)6-8(2)14(7)29-15(30)10-3-4-11(27)13(28)12(10)19/h3-6H,27-28H2,1-2H3,(H,29,30). The van der Waals surface area contributed by atoms with Crippen molar-refractivity contribution in [2.24, 2.45) is 0 Å². The number of halogens is 8. The molecule has 0 aliphatic rings. The highest BCUT2D eigenvalue weighted by Gasteiger charge is 2.73. The van der Waals surface area contributed by atoms with Crippen LogP contribution < -0.4 is 16.8 Å². The molecule has 0 aromatic heterocycles. The molecule has 1 amide bonds. The first-order valence-corrected chi connectivity index (χ1v) is 8.11. The molecule has 0 radical (unpaired) electrons. The number of nitrogen functional groups attached to an aromatic ring is 2. The third kappa shape index (κ3) is 3.73. The van der Waals surface area contributed by atoms with Crippen LogP contribution in [0.25, 0.3) is 0 Å². The lowest BCUT2D eigenvalue weighted by atomic mass is 9.90. The molecule has 12 heteroatoms. The Balaban J connectivity index is 2.52. The van der Waals surface area contributed by atoms with E-state index < -0.39 is 46.6 Å². The van der Waals surface area contributed by atoms with Crippen molar-refractivity contribution in [2.75, 3.05) is 16.8 Å². The van der Waals surface area contributed by atoms with Crippen LogP contribution in [0.1, 0.15) is 27.0 Å². The minimum Gasteiger partial charge on any atom is -0.397 e. The van der Waals surface area contributed by atoms with Gasteiger partial charge < -0.3 is 16.8 Å². The number of alkyl halides is 7. The van der Waals surface area contributed by atoms with Crippen molar-refractivity contribution in [3.8, 4) is 0 Å². The van der Waals surface area contributed by atoms with Crippen molar-refractivity contribution in [2.45, 2.75) is 31.9 Å². The summed E-state index contributed by atoms with van der Waals surface area (Å²) in [6.07, 6.45) is -12.6. The number of hydrogen-bond donors (Lipinski definition) is 3. The summed E-state index contributed by atoms with van der Waals surface area (Å²) < 4.78 is 106. The van der Waals surface area contributed by atoms with Crippen molar-refractivity contribution >= 4 is 23.0 Å². The molecule has 0 spiro atoms. The SMILES string of the molecule is Cc1cc(C(F)(C(F)(F)F)C(F)(F)F)cc(C)c1NC(=O)c1ccc(N)c(N)c1F. The summed E-state index contributed by atoms with van der Waals surface area (Å²) in [4.78, 5) is 12.3. The van der Waals surface area contributed by atoms with Crippen LogP contribution in [0.5, 0.6) is 0 Å². The van der Waals surface area contributed by atoms with Gasteiger partial charge in [0.25, 0.3) is 5.91 Å². The molecular formula is C18H15F8N3O. The smallest absolute Gasteiger partial charge is 0.397 e. The highest BCUT2D eigenvalue weighted by atomic mass is 19.4. The average Bonchev–Trinajstić information content (AvgIpc) is 2.59. The number of carbonyl (C=O) groups is 1. The topological polar surface area (TPSA) is 81.1 Å². The zero-order valence-electron chi connectivity index (χ0n) is 15.4. The average molecular weight is 441 g/mol. The van der Waals surface area contributed by atoms with Gasteiger partial charge in [0.1, 0.15) is 0 Å². The number of nitrogens with one attached hydrogen (secondary N) is 1. The van der Waals surface area contributed by atoms with E-state index in [0.29, 0.717) is 12.1 Å². The van der Waals surface area contributed by atoms with Gasteiger partial charge in [0.15, 0.2) is 5.82 Å². The molecule has 4 nitrogen and oxygen atoms in total. The van der Waals surface area contributed by atoms with E-state index in [1.54, 1.807) is 0 Å². The molecule has 5 N–H and O–H groups in total. The van der Waals surface area contributed by atoms with Crippen molar-refractivity contribution in [3.05, 3.63) is 52.3 Å². The van der Waals surface area contributed by atoms with Crippen molar-refractivity contribution in [1.29, 1.82) is 0 Å². The van der Waals surface area contributed by atoms with Gasteiger partial charge in [-0.15, -0.1) is 0 Å². The maximum Gasteiger partial charge on any atom is 0.435 e. The van der Waals surface area contributed by atoms with E-state index in [0.717, 1.165) is 26.0 Å². The number of nitrogens with two attached hydrogens (primary N) is 2. The van der Waals surface area contributed by atoms with Crippen LogP contribution in [0.3, 0.4) is 0 Å².